The van der Waals surface area contributed by atoms with Crippen molar-refractivity contribution in [2.24, 2.45) is 74.9 Å². The molecule has 0 aromatic heterocycles. The highest BCUT2D eigenvalue weighted by Crippen LogP contribution is 2.71. The highest BCUT2D eigenvalue weighted by Gasteiger charge is 2.68. The zero-order valence-electron chi connectivity index (χ0n) is 45.7. The highest BCUT2D eigenvalue weighted by atomic mass is 32.3. The van der Waals surface area contributed by atoms with Crippen molar-refractivity contribution in [1.29, 1.82) is 0 Å². The Balaban J connectivity index is 0.810. The van der Waals surface area contributed by atoms with E-state index in [4.69, 9.17) is 26.8 Å². The molecule has 0 unspecified atom stereocenters. The van der Waals surface area contributed by atoms with Crippen LogP contribution in [0.5, 0.6) is 0 Å². The van der Waals surface area contributed by atoms with Crippen LogP contribution in [0.2, 0.25) is 0 Å². The third kappa shape index (κ3) is 8.85. The van der Waals surface area contributed by atoms with Gasteiger partial charge < -0.3 is 19.3 Å². The van der Waals surface area contributed by atoms with Gasteiger partial charge in [-0.1, -0.05) is 82.9 Å². The monoisotopic (exact) mass is 1110 g/mol. The second-order valence-electron chi connectivity index (χ2n) is 27.4. The predicted molar refractivity (Wildman–Crippen MR) is 277 cm³/mol. The van der Waals surface area contributed by atoms with Crippen LogP contribution in [0.3, 0.4) is 0 Å². The quantitative estimate of drug-likeness (QED) is 0.105. The summed E-state index contributed by atoms with van der Waals surface area (Å²) in [7, 11) is -14.7. The maximum absolute atomic E-state index is 12.5. The molecule has 20 atom stereocenters. The average Bonchev–Trinajstić information content (AvgIpc) is 3.87. The molecule has 19 heteroatoms. The van der Waals surface area contributed by atoms with Crippen molar-refractivity contribution >= 4 is 31.2 Å². The van der Waals surface area contributed by atoms with Crippen LogP contribution in [-0.2, 0) is 58.0 Å². The minimum atomic E-state index is -4.99. The summed E-state index contributed by atoms with van der Waals surface area (Å²) >= 11 is 0. The minimum Gasteiger partial charge on any atom is -0.372 e. The molecule has 4 bridgehead atoms. The van der Waals surface area contributed by atoms with Crippen LogP contribution >= 0.6 is 0 Å². The molecule has 422 valence electrons. The summed E-state index contributed by atoms with van der Waals surface area (Å²) in [6.07, 6.45) is 13.5. The zero-order valence-corrected chi connectivity index (χ0v) is 48.1. The first kappa shape index (κ1) is 55.3. The molecule has 8 aliphatic carbocycles. The van der Waals surface area contributed by atoms with E-state index in [-0.39, 0.29) is 58.7 Å². The second kappa shape index (κ2) is 18.0. The lowest BCUT2D eigenvalue weighted by molar-refractivity contribution is -0.341. The maximum Gasteiger partial charge on any atom is 0.397 e. The summed E-state index contributed by atoms with van der Waals surface area (Å²) in [5.41, 5.74) is 5.33. The molecule has 0 amide bonds. The van der Waals surface area contributed by atoms with Crippen molar-refractivity contribution in [2.45, 2.75) is 219 Å². The number of aliphatic hydroxyl groups is 1. The fourth-order valence-corrected chi connectivity index (χ4v) is 21.6. The van der Waals surface area contributed by atoms with Gasteiger partial charge in [0.05, 0.1) is 36.1 Å². The number of allylic oxidation sites excluding steroid dienone is 5. The van der Waals surface area contributed by atoms with Gasteiger partial charge in [0.15, 0.2) is 5.79 Å². The summed E-state index contributed by atoms with van der Waals surface area (Å²) in [5.74, 6) is -0.699. The van der Waals surface area contributed by atoms with E-state index in [9.17, 15) is 44.0 Å². The Morgan fingerprint density at radius 1 is 0.800 bits per heavy atom. The fourth-order valence-electron chi connectivity index (χ4n) is 20.1. The molecule has 16 nitrogen and oxygen atoms in total. The van der Waals surface area contributed by atoms with Gasteiger partial charge >= 0.3 is 31.2 Å². The van der Waals surface area contributed by atoms with Crippen LogP contribution in [0, 0.1) is 74.9 Å². The topological polar surface area (TPSA) is 239 Å². The molecule has 4 heterocycles. The Morgan fingerprint density at radius 3 is 2.15 bits per heavy atom. The molecule has 1 spiro atoms. The predicted octanol–water partition coefficient (Wildman–Crippen LogP) is 10.0. The van der Waals surface area contributed by atoms with Gasteiger partial charge in [0.25, 0.3) is 0 Å². The van der Waals surface area contributed by atoms with E-state index in [1.807, 2.05) is 13.8 Å². The van der Waals surface area contributed by atoms with Gasteiger partial charge in [-0.15, -0.1) is 0 Å². The van der Waals surface area contributed by atoms with Gasteiger partial charge in [-0.3, -0.25) is 13.7 Å². The minimum absolute atomic E-state index is 0.0243. The SMILES string of the molecule is C[C@H]([C@@H]1C[C@H]2C[C@](C)(OC2(C)C)[C@@H](CC[C@@H](C)[C@H]2CC=C3C4=C(CC[C@@]32C)[C@@]2(C)C[C@H](OS(=O)(=O)O)[C@@H](OS(=O)(=O)O)[C@H](C)C2=CC4)O1)[C@H]1CC[C@H]2C3=C(CC[C@]12C)[C@]12CC[C@](O)(OC1)[C@@H](C)[C@@H]2[C@@H](OS(=O)(=O)O)C3. The number of fused-ring (bicyclic) bond motifs is 10. The molecule has 0 radical (unpaired) electrons. The first-order valence-corrected chi connectivity index (χ1v) is 32.3. The van der Waals surface area contributed by atoms with Crippen LogP contribution in [0.15, 0.2) is 45.6 Å². The Bertz CT molecular complexity index is 2830. The second-order valence-corrected chi connectivity index (χ2v) is 30.6. The van der Waals surface area contributed by atoms with Gasteiger partial charge in [0, 0.05) is 35.0 Å². The van der Waals surface area contributed by atoms with E-state index in [1.54, 1.807) is 6.92 Å². The molecular weight excluding hydrogens is 1020 g/mol. The van der Waals surface area contributed by atoms with Crippen molar-refractivity contribution in [3.63, 3.8) is 0 Å². The normalized spacial score (nSPS) is 47.9. The third-order valence-electron chi connectivity index (χ3n) is 23.5. The van der Waals surface area contributed by atoms with Gasteiger partial charge in [-0.05, 0) is 175 Å². The van der Waals surface area contributed by atoms with Crippen molar-refractivity contribution in [3.8, 4) is 0 Å². The zero-order chi connectivity index (χ0) is 54.2. The standard InChI is InChI=1S/C56H84O16S3/c1-30(37-14-16-40-35-12-13-39-32(3)49(71-75(64,65)66)46(70-74(61,62)63)28-53(39,9)42(35)19-21-51(37,40)7)11-18-47-54(10)27-34(50(5,6)72-54)25-44(68-47)31(2)38-15-17-41-36-26-45(69-73(58,59)60)48-33(4)56(57)24-23-55(48,29-67-56)43(36)20-22-52(38,41)8/h13,16,30-34,37-38,41,44-49,57H,11-12,14-15,17-29H2,1-10H3,(H,58,59,60)(H,61,62,63)(H,64,65,66)/t30-,31+,32-,33+,34+,37-,38-,41+,44+,45+,46+,47-,48-,49+,51-,52-,53+,54+,55+,56+/m1/s1. The summed E-state index contributed by atoms with van der Waals surface area (Å²) in [4.78, 5) is 0. The smallest absolute Gasteiger partial charge is 0.372 e. The number of hydrogen-bond donors (Lipinski definition) is 4. The molecule has 75 heavy (non-hydrogen) atoms. The molecule has 7 fully saturated rings. The molecule has 0 aromatic carbocycles. The molecule has 4 N–H and O–H groups in total. The van der Waals surface area contributed by atoms with E-state index in [0.29, 0.717) is 56.0 Å². The van der Waals surface area contributed by atoms with Gasteiger partial charge in [-0.25, -0.2) is 12.5 Å². The summed E-state index contributed by atoms with van der Waals surface area (Å²) < 4.78 is 139. The van der Waals surface area contributed by atoms with Crippen LogP contribution in [0.1, 0.15) is 172 Å². The van der Waals surface area contributed by atoms with Crippen molar-refractivity contribution < 1.29 is 70.8 Å². The Labute approximate surface area is 446 Å². The molecular formula is C56H84O16S3. The lowest BCUT2D eigenvalue weighted by atomic mass is 9.46. The summed E-state index contributed by atoms with van der Waals surface area (Å²) in [5, 5.41) is 11.5. The first-order valence-electron chi connectivity index (χ1n) is 28.2. The number of rotatable bonds is 12. The molecule has 3 saturated carbocycles. The summed E-state index contributed by atoms with van der Waals surface area (Å²) in [6.45, 7) is 22.5. The van der Waals surface area contributed by atoms with Crippen LogP contribution in [0.4, 0.5) is 0 Å². The highest BCUT2D eigenvalue weighted by molar-refractivity contribution is 7.81. The fraction of sp³-hybridized carbons (Fsp3) is 0.857. The van der Waals surface area contributed by atoms with Crippen LogP contribution < -0.4 is 0 Å². The lowest BCUT2D eigenvalue weighted by Gasteiger charge is -2.65. The number of hydrogen-bond acceptors (Lipinski definition) is 13. The third-order valence-corrected chi connectivity index (χ3v) is 25.0. The Morgan fingerprint density at radius 2 is 1.48 bits per heavy atom. The average molecular weight is 1110 g/mol. The molecule has 12 rings (SSSR count). The maximum atomic E-state index is 12.5. The van der Waals surface area contributed by atoms with Gasteiger partial charge in [0.1, 0.15) is 12.2 Å². The Hall–Kier alpha value is -1.59. The van der Waals surface area contributed by atoms with E-state index < -0.39 is 77.6 Å². The molecule has 12 aliphatic rings. The van der Waals surface area contributed by atoms with Crippen LogP contribution in [-0.4, -0.2) is 98.1 Å². The van der Waals surface area contributed by atoms with Gasteiger partial charge in [-0.2, -0.15) is 25.3 Å². The Kier molecular flexibility index (Phi) is 13.2. The van der Waals surface area contributed by atoms with E-state index in [2.05, 4.69) is 60.6 Å². The van der Waals surface area contributed by atoms with Crippen molar-refractivity contribution in [1.82, 2.24) is 0 Å². The van der Waals surface area contributed by atoms with Gasteiger partial charge in [0.2, 0.25) is 0 Å². The molecule has 0 aromatic rings. The van der Waals surface area contributed by atoms with Crippen molar-refractivity contribution in [3.05, 3.63) is 45.6 Å². The van der Waals surface area contributed by atoms with E-state index in [1.165, 1.54) is 27.9 Å². The largest absolute Gasteiger partial charge is 0.397 e. The van der Waals surface area contributed by atoms with Crippen molar-refractivity contribution in [2.75, 3.05) is 6.61 Å². The lowest BCUT2D eigenvalue weighted by Crippen LogP contribution is -2.67. The first-order chi connectivity index (χ1) is 34.7. The molecule has 4 saturated heterocycles. The number of ether oxygens (including phenoxy) is 3. The van der Waals surface area contributed by atoms with Crippen LogP contribution in [0.25, 0.3) is 0 Å². The van der Waals surface area contributed by atoms with E-state index in [0.717, 1.165) is 76.2 Å². The summed E-state index contributed by atoms with van der Waals surface area (Å²) in [6, 6.07) is 0. The van der Waals surface area contributed by atoms with E-state index >= 15 is 0 Å². The molecule has 4 aliphatic heterocycles.